The summed E-state index contributed by atoms with van der Waals surface area (Å²) in [5.74, 6) is 1.000. The van der Waals surface area contributed by atoms with Crippen LogP contribution in [0.4, 0.5) is 13.2 Å². The van der Waals surface area contributed by atoms with Gasteiger partial charge in [-0.3, -0.25) is 4.79 Å². The molecule has 0 atom stereocenters. The molecule has 0 aliphatic rings. The molecular formula is C21H22F3NO4. The van der Waals surface area contributed by atoms with Crippen molar-refractivity contribution in [2.45, 2.75) is 19.6 Å². The Labute approximate surface area is 167 Å². The number of hydrogen-bond donors (Lipinski definition) is 1. The average molecular weight is 409 g/mol. The van der Waals surface area contributed by atoms with Crippen molar-refractivity contribution >= 4 is 12.0 Å². The number of methoxy groups -OCH3 is 1. The maximum Gasteiger partial charge on any atom is 0.422 e. The van der Waals surface area contributed by atoms with Crippen molar-refractivity contribution in [2.24, 2.45) is 0 Å². The Morgan fingerprint density at radius 2 is 1.79 bits per heavy atom. The SMILES string of the molecule is CCOc1cc(/C=C/C(=O)NCc2ccc(OCC(F)(F)F)cc2)ccc1OC. The van der Waals surface area contributed by atoms with E-state index in [-0.39, 0.29) is 18.2 Å². The monoisotopic (exact) mass is 409 g/mol. The first-order chi connectivity index (χ1) is 13.8. The number of nitrogens with one attached hydrogen (secondary N) is 1. The van der Waals surface area contributed by atoms with Gasteiger partial charge >= 0.3 is 6.18 Å². The van der Waals surface area contributed by atoms with Gasteiger partial charge in [-0.05, 0) is 48.4 Å². The quantitative estimate of drug-likeness (QED) is 0.625. The van der Waals surface area contributed by atoms with E-state index in [4.69, 9.17) is 9.47 Å². The molecule has 0 spiro atoms. The molecule has 0 radical (unpaired) electrons. The van der Waals surface area contributed by atoms with Gasteiger partial charge in [0.1, 0.15) is 5.75 Å². The molecule has 5 nitrogen and oxygen atoms in total. The molecule has 0 fully saturated rings. The van der Waals surface area contributed by atoms with Gasteiger partial charge in [-0.15, -0.1) is 0 Å². The van der Waals surface area contributed by atoms with E-state index < -0.39 is 12.8 Å². The molecule has 1 N–H and O–H groups in total. The zero-order chi connectivity index (χ0) is 21.3. The van der Waals surface area contributed by atoms with Gasteiger partial charge in [0.05, 0.1) is 13.7 Å². The van der Waals surface area contributed by atoms with Crippen molar-refractivity contribution in [1.82, 2.24) is 5.32 Å². The second-order valence-corrected chi connectivity index (χ2v) is 5.94. The molecule has 0 heterocycles. The zero-order valence-electron chi connectivity index (χ0n) is 16.1. The van der Waals surface area contributed by atoms with E-state index in [9.17, 15) is 18.0 Å². The maximum absolute atomic E-state index is 12.1. The number of benzene rings is 2. The van der Waals surface area contributed by atoms with Crippen LogP contribution in [-0.4, -0.2) is 32.4 Å². The van der Waals surface area contributed by atoms with E-state index in [2.05, 4.69) is 10.1 Å². The lowest BCUT2D eigenvalue weighted by Gasteiger charge is -2.10. The number of carbonyl (C=O) groups excluding carboxylic acids is 1. The number of alkyl halides is 3. The third-order valence-corrected chi connectivity index (χ3v) is 3.71. The minimum absolute atomic E-state index is 0.113. The van der Waals surface area contributed by atoms with Crippen LogP contribution in [0.25, 0.3) is 6.08 Å². The first-order valence-corrected chi connectivity index (χ1v) is 8.86. The topological polar surface area (TPSA) is 56.8 Å². The highest BCUT2D eigenvalue weighted by Crippen LogP contribution is 2.28. The summed E-state index contributed by atoms with van der Waals surface area (Å²) >= 11 is 0. The van der Waals surface area contributed by atoms with Gasteiger partial charge in [0.2, 0.25) is 5.91 Å². The lowest BCUT2D eigenvalue weighted by Crippen LogP contribution is -2.20. The number of rotatable bonds is 9. The average Bonchev–Trinajstić information content (AvgIpc) is 2.70. The lowest BCUT2D eigenvalue weighted by atomic mass is 10.2. The van der Waals surface area contributed by atoms with Gasteiger partial charge in [-0.2, -0.15) is 13.2 Å². The third kappa shape index (κ3) is 7.77. The number of halogens is 3. The Bertz CT molecular complexity index is 833. The summed E-state index contributed by atoms with van der Waals surface area (Å²) in [5.41, 5.74) is 1.50. The molecule has 2 aromatic carbocycles. The van der Waals surface area contributed by atoms with Crippen LogP contribution in [0.3, 0.4) is 0 Å². The van der Waals surface area contributed by atoms with Crippen LogP contribution >= 0.6 is 0 Å². The van der Waals surface area contributed by atoms with E-state index >= 15 is 0 Å². The second kappa shape index (κ2) is 10.4. The number of amides is 1. The standard InChI is InChI=1S/C21H22F3NO4/c1-3-28-19-12-15(6-10-18(19)27-2)7-11-20(26)25-13-16-4-8-17(9-5-16)29-14-21(22,23)24/h4-12H,3,13-14H2,1-2H3,(H,25,26)/b11-7+. The summed E-state index contributed by atoms with van der Waals surface area (Å²) in [6.45, 7) is 1.24. The predicted molar refractivity (Wildman–Crippen MR) is 103 cm³/mol. The van der Waals surface area contributed by atoms with Crippen molar-refractivity contribution in [3.05, 3.63) is 59.7 Å². The molecule has 8 heteroatoms. The van der Waals surface area contributed by atoms with Crippen molar-refractivity contribution < 1.29 is 32.2 Å². The molecule has 0 aliphatic carbocycles. The fourth-order valence-corrected chi connectivity index (χ4v) is 2.35. The molecule has 0 saturated heterocycles. The third-order valence-electron chi connectivity index (χ3n) is 3.71. The number of ether oxygens (including phenoxy) is 3. The van der Waals surface area contributed by atoms with Crippen molar-refractivity contribution in [2.75, 3.05) is 20.3 Å². The van der Waals surface area contributed by atoms with Crippen molar-refractivity contribution in [1.29, 1.82) is 0 Å². The van der Waals surface area contributed by atoms with Crippen LogP contribution in [0.1, 0.15) is 18.1 Å². The molecule has 1 amide bonds. The largest absolute Gasteiger partial charge is 0.493 e. The molecule has 0 aliphatic heterocycles. The van der Waals surface area contributed by atoms with Crippen molar-refractivity contribution in [3.63, 3.8) is 0 Å². The zero-order valence-corrected chi connectivity index (χ0v) is 16.1. The molecule has 2 aromatic rings. The normalized spacial score (nSPS) is 11.3. The summed E-state index contributed by atoms with van der Waals surface area (Å²) in [6.07, 6.45) is -1.35. The maximum atomic E-state index is 12.1. The van der Waals surface area contributed by atoms with Crippen LogP contribution in [0.5, 0.6) is 17.2 Å². The summed E-state index contributed by atoms with van der Waals surface area (Å²) in [7, 11) is 1.55. The molecule has 0 aromatic heterocycles. The van der Waals surface area contributed by atoms with E-state index in [0.717, 1.165) is 11.1 Å². The first-order valence-electron chi connectivity index (χ1n) is 8.86. The molecule has 0 bridgehead atoms. The smallest absolute Gasteiger partial charge is 0.422 e. The van der Waals surface area contributed by atoms with E-state index in [0.29, 0.717) is 18.1 Å². The summed E-state index contributed by atoms with van der Waals surface area (Å²) < 4.78 is 51.7. The second-order valence-electron chi connectivity index (χ2n) is 5.94. The van der Waals surface area contributed by atoms with E-state index in [1.165, 1.54) is 18.2 Å². The molecule has 0 unspecified atom stereocenters. The van der Waals surface area contributed by atoms with Gasteiger partial charge in [0, 0.05) is 12.6 Å². The molecule has 2 rings (SSSR count). The first kappa shape index (κ1) is 22.1. The van der Waals surface area contributed by atoms with Crippen LogP contribution in [0.2, 0.25) is 0 Å². The van der Waals surface area contributed by atoms with Gasteiger partial charge in [-0.25, -0.2) is 0 Å². The van der Waals surface area contributed by atoms with Gasteiger partial charge in [0.25, 0.3) is 0 Å². The summed E-state index contributed by atoms with van der Waals surface area (Å²) in [4.78, 5) is 12.0. The van der Waals surface area contributed by atoms with Crippen molar-refractivity contribution in [3.8, 4) is 17.2 Å². The van der Waals surface area contributed by atoms with Crippen LogP contribution < -0.4 is 19.5 Å². The van der Waals surface area contributed by atoms with Gasteiger partial charge in [0.15, 0.2) is 18.1 Å². The Morgan fingerprint density at radius 1 is 1.07 bits per heavy atom. The number of hydrogen-bond acceptors (Lipinski definition) is 4. The van der Waals surface area contributed by atoms with Crippen LogP contribution in [0.15, 0.2) is 48.5 Å². The summed E-state index contributed by atoms with van der Waals surface area (Å²) in [5, 5.41) is 2.70. The summed E-state index contributed by atoms with van der Waals surface area (Å²) in [6, 6.07) is 11.4. The fraction of sp³-hybridized carbons (Fsp3) is 0.286. The van der Waals surface area contributed by atoms with E-state index in [1.807, 2.05) is 6.92 Å². The molecular weight excluding hydrogens is 387 g/mol. The lowest BCUT2D eigenvalue weighted by molar-refractivity contribution is -0.153. The van der Waals surface area contributed by atoms with Gasteiger partial charge in [-0.1, -0.05) is 18.2 Å². The molecule has 156 valence electrons. The van der Waals surface area contributed by atoms with Crippen LogP contribution in [0, 0.1) is 0 Å². The minimum Gasteiger partial charge on any atom is -0.493 e. The Balaban J connectivity index is 1.87. The highest BCUT2D eigenvalue weighted by molar-refractivity contribution is 5.91. The van der Waals surface area contributed by atoms with Gasteiger partial charge < -0.3 is 19.5 Å². The Kier molecular flexibility index (Phi) is 7.94. The Morgan fingerprint density at radius 3 is 2.41 bits per heavy atom. The molecule has 0 saturated carbocycles. The molecule has 29 heavy (non-hydrogen) atoms. The predicted octanol–water partition coefficient (Wildman–Crippen LogP) is 4.36. The fourth-order valence-electron chi connectivity index (χ4n) is 2.35. The number of carbonyl (C=O) groups is 1. The minimum atomic E-state index is -4.38. The highest BCUT2D eigenvalue weighted by Gasteiger charge is 2.28. The highest BCUT2D eigenvalue weighted by atomic mass is 19.4. The van der Waals surface area contributed by atoms with Crippen LogP contribution in [-0.2, 0) is 11.3 Å². The van der Waals surface area contributed by atoms with E-state index in [1.54, 1.807) is 43.5 Å². The Hall–Kier alpha value is -3.16.